The van der Waals surface area contributed by atoms with E-state index in [0.29, 0.717) is 5.82 Å². The van der Waals surface area contributed by atoms with Crippen LogP contribution in [0, 0.1) is 0 Å². The van der Waals surface area contributed by atoms with Crippen LogP contribution in [-0.2, 0) is 4.57 Å². The molecule has 2 rings (SSSR count). The van der Waals surface area contributed by atoms with Gasteiger partial charge in [0.15, 0.2) is 5.82 Å². The van der Waals surface area contributed by atoms with Gasteiger partial charge in [-0.05, 0) is 11.6 Å². The smallest absolute Gasteiger partial charge is 0.366 e. The summed E-state index contributed by atoms with van der Waals surface area (Å²) in [5.74, 6) is 0.755. The maximum atomic E-state index is 8.70. The molecule has 1 aromatic carbocycles. The van der Waals surface area contributed by atoms with E-state index in [1.807, 2.05) is 36.4 Å². The van der Waals surface area contributed by atoms with E-state index in [1.165, 1.54) is 0 Å². The standard InChI is InChI=1S/C9H8N4.HO3P/c10-9-11-8(12-13-9)6-7-4-2-1-3-5-7;1-4(2)3/h1-6H,(H2,10,11);(H-,1,2,3)/p+1. The first-order valence-corrected chi connectivity index (χ1v) is 5.62. The van der Waals surface area contributed by atoms with Gasteiger partial charge >= 0.3 is 8.25 Å². The molecule has 0 bridgehead atoms. The van der Waals surface area contributed by atoms with E-state index in [-0.39, 0.29) is 5.96 Å². The monoisotopic (exact) mass is 253 g/mol. The normalized spacial score (nSPS) is 15.2. The van der Waals surface area contributed by atoms with Crippen LogP contribution in [0.2, 0.25) is 0 Å². The average molecular weight is 253 g/mol. The van der Waals surface area contributed by atoms with Gasteiger partial charge in [0.25, 0.3) is 0 Å². The van der Waals surface area contributed by atoms with Gasteiger partial charge in [0.2, 0.25) is 5.96 Å². The maximum Gasteiger partial charge on any atom is 0.692 e. The van der Waals surface area contributed by atoms with Crippen LogP contribution in [0.5, 0.6) is 0 Å². The number of rotatable bonds is 1. The Hall–Kier alpha value is -1.95. The Bertz CT molecular complexity index is 480. The molecule has 1 aliphatic rings. The molecular weight excluding hydrogens is 243 g/mol. The first-order valence-electron chi connectivity index (χ1n) is 4.45. The van der Waals surface area contributed by atoms with E-state index >= 15 is 0 Å². The third kappa shape index (κ3) is 5.62. The highest BCUT2D eigenvalue weighted by atomic mass is 31.1. The minimum atomic E-state index is -2.87. The van der Waals surface area contributed by atoms with Crippen LogP contribution in [0.4, 0.5) is 0 Å². The molecular formula is C9H10N4O3P+. The van der Waals surface area contributed by atoms with Gasteiger partial charge in [-0.2, -0.15) is 4.99 Å². The van der Waals surface area contributed by atoms with Crippen molar-refractivity contribution >= 4 is 20.3 Å². The van der Waals surface area contributed by atoms with Crippen LogP contribution in [0.15, 0.2) is 51.4 Å². The molecule has 88 valence electrons. The second kappa shape index (κ2) is 6.59. The molecule has 0 radical (unpaired) electrons. The molecule has 0 aliphatic carbocycles. The van der Waals surface area contributed by atoms with E-state index < -0.39 is 8.25 Å². The average Bonchev–Trinajstić information content (AvgIpc) is 2.65. The van der Waals surface area contributed by atoms with E-state index in [0.717, 1.165) is 5.56 Å². The lowest BCUT2D eigenvalue weighted by atomic mass is 10.2. The summed E-state index contributed by atoms with van der Waals surface area (Å²) < 4.78 is 8.70. The lowest BCUT2D eigenvalue weighted by molar-refractivity contribution is 0.405. The van der Waals surface area contributed by atoms with Gasteiger partial charge in [0.05, 0.1) is 0 Å². The molecule has 1 aliphatic heterocycles. The van der Waals surface area contributed by atoms with Crippen molar-refractivity contribution in [1.82, 2.24) is 0 Å². The number of guanidine groups is 1. The molecule has 0 unspecified atom stereocenters. The third-order valence-electron chi connectivity index (χ3n) is 1.58. The first-order chi connectivity index (χ1) is 8.08. The molecule has 8 heteroatoms. The Morgan fingerprint density at radius 3 is 2.24 bits per heavy atom. The van der Waals surface area contributed by atoms with Gasteiger partial charge in [-0.15, -0.1) is 20.0 Å². The van der Waals surface area contributed by atoms with Crippen LogP contribution in [-0.4, -0.2) is 15.7 Å². The Kier molecular flexibility index (Phi) is 5.09. The van der Waals surface area contributed by atoms with Crippen molar-refractivity contribution in [2.45, 2.75) is 0 Å². The van der Waals surface area contributed by atoms with Crippen molar-refractivity contribution in [1.29, 1.82) is 0 Å². The van der Waals surface area contributed by atoms with Crippen LogP contribution in [0.3, 0.4) is 0 Å². The third-order valence-corrected chi connectivity index (χ3v) is 1.58. The van der Waals surface area contributed by atoms with Crippen LogP contribution >= 0.6 is 8.25 Å². The number of nitrogens with zero attached hydrogens (tertiary/aromatic N) is 3. The maximum absolute atomic E-state index is 8.70. The molecule has 4 N–H and O–H groups in total. The Balaban J connectivity index is 0.000000317. The Morgan fingerprint density at radius 2 is 1.76 bits per heavy atom. The minimum absolute atomic E-state index is 0.210. The van der Waals surface area contributed by atoms with Crippen molar-refractivity contribution in [2.75, 3.05) is 0 Å². The van der Waals surface area contributed by atoms with E-state index in [9.17, 15) is 0 Å². The zero-order chi connectivity index (χ0) is 12.7. The minimum Gasteiger partial charge on any atom is -0.366 e. The molecule has 0 saturated heterocycles. The molecule has 0 amide bonds. The van der Waals surface area contributed by atoms with Crippen molar-refractivity contribution in [3.63, 3.8) is 0 Å². The van der Waals surface area contributed by atoms with Gasteiger partial charge in [-0.1, -0.05) is 30.3 Å². The highest BCUT2D eigenvalue weighted by molar-refractivity contribution is 7.30. The van der Waals surface area contributed by atoms with Crippen molar-refractivity contribution in [2.24, 2.45) is 21.0 Å². The zero-order valence-electron chi connectivity index (χ0n) is 8.63. The fourth-order valence-electron chi connectivity index (χ4n) is 1.02. The van der Waals surface area contributed by atoms with Crippen LogP contribution in [0.1, 0.15) is 5.56 Å². The Morgan fingerprint density at radius 1 is 1.18 bits per heavy atom. The summed E-state index contributed by atoms with van der Waals surface area (Å²) in [6.45, 7) is 0. The second-order valence-electron chi connectivity index (χ2n) is 2.84. The van der Waals surface area contributed by atoms with E-state index in [1.54, 1.807) is 0 Å². The molecule has 0 saturated carbocycles. The summed E-state index contributed by atoms with van der Waals surface area (Å²) in [5, 5.41) is 7.37. The van der Waals surface area contributed by atoms with Crippen LogP contribution in [0.25, 0.3) is 6.08 Å². The van der Waals surface area contributed by atoms with Gasteiger partial charge in [-0.3, -0.25) is 0 Å². The largest absolute Gasteiger partial charge is 0.692 e. The molecule has 1 heterocycles. The molecule has 1 aromatic rings. The molecule has 17 heavy (non-hydrogen) atoms. The van der Waals surface area contributed by atoms with Crippen molar-refractivity contribution in [3.8, 4) is 0 Å². The predicted molar refractivity (Wildman–Crippen MR) is 62.9 cm³/mol. The number of azo groups is 1. The van der Waals surface area contributed by atoms with Gasteiger partial charge in [0, 0.05) is 4.57 Å². The summed E-state index contributed by atoms with van der Waals surface area (Å²) in [4.78, 5) is 18.1. The van der Waals surface area contributed by atoms with Crippen molar-refractivity contribution < 1.29 is 14.4 Å². The second-order valence-corrected chi connectivity index (χ2v) is 3.34. The lowest BCUT2D eigenvalue weighted by Crippen LogP contribution is -2.03. The summed E-state index contributed by atoms with van der Waals surface area (Å²) in [5.41, 5.74) is 6.36. The summed E-state index contributed by atoms with van der Waals surface area (Å²) in [6, 6.07) is 9.78. The summed E-state index contributed by atoms with van der Waals surface area (Å²) in [6.07, 6.45) is 1.82. The number of hydrogen-bond donors (Lipinski definition) is 3. The quantitative estimate of drug-likeness (QED) is 0.654. The van der Waals surface area contributed by atoms with Crippen molar-refractivity contribution in [3.05, 3.63) is 41.7 Å². The van der Waals surface area contributed by atoms with Gasteiger partial charge < -0.3 is 5.73 Å². The zero-order valence-corrected chi connectivity index (χ0v) is 9.53. The van der Waals surface area contributed by atoms with E-state index in [2.05, 4.69) is 15.2 Å². The fourth-order valence-corrected chi connectivity index (χ4v) is 1.02. The lowest BCUT2D eigenvalue weighted by Gasteiger charge is -1.90. The fraction of sp³-hybridized carbons (Fsp3) is 0. The molecule has 7 nitrogen and oxygen atoms in total. The number of nitrogens with two attached hydrogens (primary N) is 1. The first kappa shape index (κ1) is 13.1. The van der Waals surface area contributed by atoms with E-state index in [4.69, 9.17) is 20.1 Å². The number of hydrogen-bond acceptors (Lipinski definition) is 5. The molecule has 0 fully saturated rings. The molecule has 0 spiro atoms. The molecule has 0 atom stereocenters. The molecule has 0 aromatic heterocycles. The topological polar surface area (TPSA) is 121 Å². The summed E-state index contributed by atoms with van der Waals surface area (Å²) in [7, 11) is -2.87. The highest BCUT2D eigenvalue weighted by Crippen LogP contribution is 2.12. The SMILES string of the molecule is NC1=NC(=Cc2ccccc2)N=N1.O=[P+](O)O. The van der Waals surface area contributed by atoms with Gasteiger partial charge in [-0.25, -0.2) is 0 Å². The summed E-state index contributed by atoms with van der Waals surface area (Å²) >= 11 is 0. The number of benzene rings is 1. The van der Waals surface area contributed by atoms with Gasteiger partial charge in [0.1, 0.15) is 0 Å². The highest BCUT2D eigenvalue weighted by Gasteiger charge is 2.01. The predicted octanol–water partition coefficient (Wildman–Crippen LogP) is 1.39. The number of aliphatic imine (C=N–C) groups is 1. The van der Waals surface area contributed by atoms with Crippen LogP contribution < -0.4 is 5.73 Å². The Labute approximate surface area is 98.0 Å².